The molecule has 17 heavy (non-hydrogen) atoms. The fourth-order valence-electron chi connectivity index (χ4n) is 1.64. The van der Waals surface area contributed by atoms with E-state index in [1.807, 2.05) is 13.8 Å². The lowest BCUT2D eigenvalue weighted by Crippen LogP contribution is -2.43. The van der Waals surface area contributed by atoms with Crippen LogP contribution < -0.4 is 5.32 Å². The SMILES string of the molecule is CCN(CCOC)CCC(NC(C)C)C(=O)O. The van der Waals surface area contributed by atoms with E-state index in [4.69, 9.17) is 9.84 Å². The summed E-state index contributed by atoms with van der Waals surface area (Å²) in [6, 6.07) is -0.281. The van der Waals surface area contributed by atoms with E-state index in [9.17, 15) is 4.79 Å². The van der Waals surface area contributed by atoms with Gasteiger partial charge in [0.25, 0.3) is 0 Å². The Hall–Kier alpha value is -0.650. The molecule has 1 atom stereocenters. The van der Waals surface area contributed by atoms with E-state index in [-0.39, 0.29) is 6.04 Å². The van der Waals surface area contributed by atoms with Crippen LogP contribution in [0, 0.1) is 0 Å². The Bertz CT molecular complexity index is 210. The molecule has 102 valence electrons. The minimum atomic E-state index is -0.776. The molecule has 1 unspecified atom stereocenters. The monoisotopic (exact) mass is 246 g/mol. The topological polar surface area (TPSA) is 61.8 Å². The van der Waals surface area contributed by atoms with Crippen molar-refractivity contribution in [1.82, 2.24) is 10.2 Å². The first-order chi connectivity index (χ1) is 8.01. The molecular weight excluding hydrogens is 220 g/mol. The number of likely N-dealkylation sites (N-methyl/N-ethyl adjacent to an activating group) is 1. The maximum Gasteiger partial charge on any atom is 0.320 e. The number of methoxy groups -OCH3 is 1. The number of nitrogens with zero attached hydrogens (tertiary/aromatic N) is 1. The van der Waals surface area contributed by atoms with E-state index in [0.717, 1.165) is 19.6 Å². The van der Waals surface area contributed by atoms with Gasteiger partial charge in [-0.3, -0.25) is 4.79 Å². The van der Waals surface area contributed by atoms with E-state index < -0.39 is 12.0 Å². The summed E-state index contributed by atoms with van der Waals surface area (Å²) in [4.78, 5) is 13.2. The predicted molar refractivity (Wildman–Crippen MR) is 68.3 cm³/mol. The van der Waals surface area contributed by atoms with E-state index in [1.165, 1.54) is 0 Å². The lowest BCUT2D eigenvalue weighted by molar-refractivity contribution is -0.140. The average molecular weight is 246 g/mol. The third-order valence-corrected chi connectivity index (χ3v) is 2.63. The summed E-state index contributed by atoms with van der Waals surface area (Å²) < 4.78 is 5.02. The normalized spacial score (nSPS) is 13.3. The van der Waals surface area contributed by atoms with Gasteiger partial charge in [-0.05, 0) is 13.0 Å². The van der Waals surface area contributed by atoms with Crippen molar-refractivity contribution in [3.63, 3.8) is 0 Å². The van der Waals surface area contributed by atoms with E-state index in [1.54, 1.807) is 7.11 Å². The third kappa shape index (κ3) is 8.12. The molecule has 0 radical (unpaired) electrons. The van der Waals surface area contributed by atoms with Gasteiger partial charge in [-0.2, -0.15) is 0 Å². The molecule has 0 saturated heterocycles. The Kier molecular flexibility index (Phi) is 9.03. The molecule has 0 aromatic heterocycles. The van der Waals surface area contributed by atoms with Crippen LogP contribution in [-0.4, -0.2) is 61.4 Å². The van der Waals surface area contributed by atoms with Crippen molar-refractivity contribution in [2.45, 2.75) is 39.3 Å². The molecule has 0 aliphatic heterocycles. The second-order valence-corrected chi connectivity index (χ2v) is 4.43. The van der Waals surface area contributed by atoms with Crippen LogP contribution in [0.3, 0.4) is 0 Å². The van der Waals surface area contributed by atoms with Crippen molar-refractivity contribution in [1.29, 1.82) is 0 Å². The van der Waals surface area contributed by atoms with Crippen LogP contribution in [0.15, 0.2) is 0 Å². The van der Waals surface area contributed by atoms with Gasteiger partial charge in [-0.1, -0.05) is 20.8 Å². The molecule has 0 spiro atoms. The summed E-state index contributed by atoms with van der Waals surface area (Å²) in [5.74, 6) is -0.776. The molecule has 0 saturated carbocycles. The second-order valence-electron chi connectivity index (χ2n) is 4.43. The highest BCUT2D eigenvalue weighted by atomic mass is 16.5. The fraction of sp³-hybridized carbons (Fsp3) is 0.917. The molecule has 0 rings (SSSR count). The van der Waals surface area contributed by atoms with Gasteiger partial charge in [-0.15, -0.1) is 0 Å². The Morgan fingerprint density at radius 2 is 2.06 bits per heavy atom. The molecule has 2 N–H and O–H groups in total. The maximum atomic E-state index is 11.0. The minimum Gasteiger partial charge on any atom is -0.480 e. The third-order valence-electron chi connectivity index (χ3n) is 2.63. The molecule has 0 aliphatic carbocycles. The van der Waals surface area contributed by atoms with Gasteiger partial charge in [0.05, 0.1) is 6.61 Å². The second kappa shape index (κ2) is 9.39. The van der Waals surface area contributed by atoms with Crippen molar-refractivity contribution in [2.24, 2.45) is 0 Å². The Labute approximate surface area is 104 Å². The van der Waals surface area contributed by atoms with E-state index in [2.05, 4.69) is 17.1 Å². The lowest BCUT2D eigenvalue weighted by Gasteiger charge is -2.23. The molecule has 0 fully saturated rings. The van der Waals surface area contributed by atoms with Gasteiger partial charge in [0.2, 0.25) is 0 Å². The number of ether oxygens (including phenoxy) is 1. The molecule has 5 heteroatoms. The average Bonchev–Trinajstić information content (AvgIpc) is 2.26. The summed E-state index contributed by atoms with van der Waals surface area (Å²) in [5.41, 5.74) is 0. The molecule has 5 nitrogen and oxygen atoms in total. The summed E-state index contributed by atoms with van der Waals surface area (Å²) in [6.45, 7) is 9.20. The van der Waals surface area contributed by atoms with Crippen LogP contribution in [0.1, 0.15) is 27.2 Å². The van der Waals surface area contributed by atoms with Crippen LogP contribution in [0.5, 0.6) is 0 Å². The molecular formula is C12H26N2O3. The minimum absolute atomic E-state index is 0.185. The van der Waals surface area contributed by atoms with Crippen molar-refractivity contribution in [3.05, 3.63) is 0 Å². The highest BCUT2D eigenvalue weighted by Crippen LogP contribution is 1.99. The van der Waals surface area contributed by atoms with Crippen molar-refractivity contribution in [3.8, 4) is 0 Å². The Morgan fingerprint density at radius 1 is 1.41 bits per heavy atom. The van der Waals surface area contributed by atoms with Crippen LogP contribution in [0.4, 0.5) is 0 Å². The summed E-state index contributed by atoms with van der Waals surface area (Å²) in [5, 5.41) is 12.1. The first-order valence-corrected chi connectivity index (χ1v) is 6.21. The molecule has 0 amide bonds. The van der Waals surface area contributed by atoms with Gasteiger partial charge in [-0.25, -0.2) is 0 Å². The number of hydrogen-bond donors (Lipinski definition) is 2. The summed E-state index contributed by atoms with van der Waals surface area (Å²) in [7, 11) is 1.67. The van der Waals surface area contributed by atoms with Crippen molar-refractivity contribution >= 4 is 5.97 Å². The molecule has 0 aromatic carbocycles. The zero-order valence-electron chi connectivity index (χ0n) is 11.4. The number of carbonyl (C=O) groups is 1. The number of carboxylic acids is 1. The summed E-state index contributed by atoms with van der Waals surface area (Å²) in [6.07, 6.45) is 0.616. The number of rotatable bonds is 10. The Balaban J connectivity index is 4.03. The maximum absolute atomic E-state index is 11.0. The molecule has 0 aromatic rings. The first-order valence-electron chi connectivity index (χ1n) is 6.21. The van der Waals surface area contributed by atoms with Gasteiger partial charge in [0.1, 0.15) is 6.04 Å². The van der Waals surface area contributed by atoms with Gasteiger partial charge >= 0.3 is 5.97 Å². The van der Waals surface area contributed by atoms with Crippen LogP contribution in [-0.2, 0) is 9.53 Å². The highest BCUT2D eigenvalue weighted by Gasteiger charge is 2.18. The van der Waals surface area contributed by atoms with Gasteiger partial charge < -0.3 is 20.1 Å². The van der Waals surface area contributed by atoms with Crippen LogP contribution >= 0.6 is 0 Å². The quantitative estimate of drug-likeness (QED) is 0.597. The first kappa shape index (κ1) is 16.4. The number of carboxylic acid groups (broad SMARTS) is 1. The lowest BCUT2D eigenvalue weighted by atomic mass is 10.1. The van der Waals surface area contributed by atoms with Crippen LogP contribution in [0.25, 0.3) is 0 Å². The number of hydrogen-bond acceptors (Lipinski definition) is 4. The zero-order valence-corrected chi connectivity index (χ0v) is 11.4. The van der Waals surface area contributed by atoms with E-state index >= 15 is 0 Å². The molecule has 0 bridgehead atoms. The number of aliphatic carboxylic acids is 1. The smallest absolute Gasteiger partial charge is 0.320 e. The van der Waals surface area contributed by atoms with Crippen molar-refractivity contribution in [2.75, 3.05) is 33.4 Å². The zero-order chi connectivity index (χ0) is 13.3. The molecule has 0 heterocycles. The van der Waals surface area contributed by atoms with Crippen molar-refractivity contribution < 1.29 is 14.6 Å². The van der Waals surface area contributed by atoms with E-state index in [0.29, 0.717) is 13.0 Å². The van der Waals surface area contributed by atoms with Gasteiger partial charge in [0, 0.05) is 26.2 Å². The fourth-order valence-corrected chi connectivity index (χ4v) is 1.64. The Morgan fingerprint density at radius 3 is 2.47 bits per heavy atom. The largest absolute Gasteiger partial charge is 0.480 e. The highest BCUT2D eigenvalue weighted by molar-refractivity contribution is 5.73. The summed E-state index contributed by atoms with van der Waals surface area (Å²) >= 11 is 0. The predicted octanol–water partition coefficient (Wildman–Crippen LogP) is 0.796. The van der Waals surface area contributed by atoms with Gasteiger partial charge in [0.15, 0.2) is 0 Å². The standard InChI is InChI=1S/C12H26N2O3/c1-5-14(8-9-17-4)7-6-11(12(15)16)13-10(2)3/h10-11,13H,5-9H2,1-4H3,(H,15,16). The van der Waals surface area contributed by atoms with Crippen LogP contribution in [0.2, 0.25) is 0 Å². The molecule has 0 aliphatic rings. The number of nitrogens with one attached hydrogen (secondary N) is 1.